The first-order valence-electron chi connectivity index (χ1n) is 6.26. The van der Waals surface area contributed by atoms with Gasteiger partial charge in [0, 0.05) is 16.0 Å². The van der Waals surface area contributed by atoms with Crippen molar-refractivity contribution < 1.29 is 14.3 Å². The van der Waals surface area contributed by atoms with Gasteiger partial charge >= 0.3 is 5.97 Å². The van der Waals surface area contributed by atoms with Gasteiger partial charge < -0.3 is 4.74 Å². The molecular weight excluding hydrogens is 322 g/mol. The molecule has 2 rings (SSSR count). The second-order valence-corrected chi connectivity index (χ2v) is 6.12. The molecule has 1 aromatic carbocycles. The Labute approximate surface area is 126 Å². The molecule has 1 aliphatic rings. The number of rotatable bonds is 1. The van der Waals surface area contributed by atoms with Gasteiger partial charge in [0.1, 0.15) is 5.70 Å². The first-order valence-corrected chi connectivity index (χ1v) is 7.18. The van der Waals surface area contributed by atoms with Gasteiger partial charge in [-0.25, -0.2) is 4.79 Å². The van der Waals surface area contributed by atoms with Crippen LogP contribution in [0.15, 0.2) is 41.0 Å². The van der Waals surface area contributed by atoms with Crippen molar-refractivity contribution in [3.8, 4) is 0 Å². The van der Waals surface area contributed by atoms with E-state index >= 15 is 0 Å². The number of hydrogen-bond acceptors (Lipinski definition) is 3. The zero-order chi connectivity index (χ0) is 14.9. The molecule has 1 saturated heterocycles. The second-order valence-electron chi connectivity index (χ2n) is 5.66. The van der Waals surface area contributed by atoms with Crippen molar-refractivity contribution in [3.05, 3.63) is 46.6 Å². The number of cyclic esters (lactones) is 1. The van der Waals surface area contributed by atoms with Gasteiger partial charge in [-0.3, -0.25) is 9.69 Å². The molecule has 0 saturated carbocycles. The van der Waals surface area contributed by atoms with E-state index in [4.69, 9.17) is 4.74 Å². The number of halogens is 1. The highest BCUT2D eigenvalue weighted by Gasteiger charge is 2.46. The van der Waals surface area contributed by atoms with Crippen molar-refractivity contribution in [2.24, 2.45) is 5.41 Å². The van der Waals surface area contributed by atoms with E-state index in [0.717, 1.165) is 0 Å². The van der Waals surface area contributed by atoms with E-state index in [9.17, 15) is 9.59 Å². The number of benzene rings is 1. The van der Waals surface area contributed by atoms with E-state index in [1.807, 2.05) is 26.8 Å². The van der Waals surface area contributed by atoms with E-state index in [1.165, 1.54) is 9.89 Å². The van der Waals surface area contributed by atoms with E-state index in [1.54, 1.807) is 24.3 Å². The molecule has 1 aromatic rings. The van der Waals surface area contributed by atoms with Gasteiger partial charge in [-0.15, -0.1) is 0 Å². The SMILES string of the molecule is CC(C)(C)C1OC(=O)/C(=C/Br)N1C(=O)c1ccccc1. The van der Waals surface area contributed by atoms with Crippen LogP contribution in [0.25, 0.3) is 0 Å². The Morgan fingerprint density at radius 1 is 1.30 bits per heavy atom. The van der Waals surface area contributed by atoms with Gasteiger partial charge in [-0.1, -0.05) is 54.9 Å². The standard InChI is InChI=1S/C15H16BrNO3/c1-15(2,3)14-17(11(9-16)13(19)20-14)12(18)10-7-5-4-6-8-10/h4-9,14H,1-3H3/b11-9-. The van der Waals surface area contributed by atoms with Gasteiger partial charge in [-0.05, 0) is 12.1 Å². The second kappa shape index (κ2) is 5.40. The van der Waals surface area contributed by atoms with Crippen molar-refractivity contribution in [1.82, 2.24) is 4.90 Å². The summed E-state index contributed by atoms with van der Waals surface area (Å²) < 4.78 is 5.35. The predicted molar refractivity (Wildman–Crippen MR) is 79.0 cm³/mol. The number of carbonyl (C=O) groups excluding carboxylic acids is 2. The molecule has 0 N–H and O–H groups in total. The molecule has 1 fully saturated rings. The van der Waals surface area contributed by atoms with E-state index in [-0.39, 0.29) is 17.0 Å². The number of carbonyl (C=O) groups is 2. The molecule has 5 heteroatoms. The maximum absolute atomic E-state index is 12.7. The molecule has 0 spiro atoms. The van der Waals surface area contributed by atoms with Crippen LogP contribution in [0.5, 0.6) is 0 Å². The molecule has 0 aliphatic carbocycles. The summed E-state index contributed by atoms with van der Waals surface area (Å²) in [4.78, 5) is 27.4. The predicted octanol–water partition coefficient (Wildman–Crippen LogP) is 3.29. The lowest BCUT2D eigenvalue weighted by Gasteiger charge is -2.32. The molecule has 20 heavy (non-hydrogen) atoms. The van der Waals surface area contributed by atoms with Crippen LogP contribution >= 0.6 is 15.9 Å². The van der Waals surface area contributed by atoms with Crippen LogP contribution in [-0.4, -0.2) is 23.0 Å². The monoisotopic (exact) mass is 337 g/mol. The molecule has 1 aliphatic heterocycles. The number of nitrogens with zero attached hydrogens (tertiary/aromatic N) is 1. The normalized spacial score (nSPS) is 21.2. The van der Waals surface area contributed by atoms with Crippen LogP contribution in [0.2, 0.25) is 0 Å². The van der Waals surface area contributed by atoms with Crippen LogP contribution in [-0.2, 0) is 9.53 Å². The molecular formula is C15H16BrNO3. The van der Waals surface area contributed by atoms with Crippen molar-refractivity contribution in [2.75, 3.05) is 0 Å². The number of ether oxygens (including phenoxy) is 1. The molecule has 1 amide bonds. The summed E-state index contributed by atoms with van der Waals surface area (Å²) in [5.74, 6) is -0.742. The summed E-state index contributed by atoms with van der Waals surface area (Å²) in [6.07, 6.45) is -0.619. The Morgan fingerprint density at radius 3 is 2.40 bits per heavy atom. The average molecular weight is 338 g/mol. The van der Waals surface area contributed by atoms with Crippen molar-refractivity contribution >= 4 is 27.8 Å². The van der Waals surface area contributed by atoms with Gasteiger partial charge in [0.2, 0.25) is 0 Å². The number of esters is 1. The molecule has 1 heterocycles. The summed E-state index contributed by atoms with van der Waals surface area (Å²) >= 11 is 3.14. The van der Waals surface area contributed by atoms with E-state index in [0.29, 0.717) is 5.56 Å². The Kier molecular flexibility index (Phi) is 3.99. The summed E-state index contributed by atoms with van der Waals surface area (Å²) in [6.45, 7) is 5.77. The zero-order valence-corrected chi connectivity index (χ0v) is 13.2. The first-order chi connectivity index (χ1) is 9.36. The lowest BCUT2D eigenvalue weighted by Crippen LogP contribution is -2.43. The lowest BCUT2D eigenvalue weighted by atomic mass is 9.93. The van der Waals surface area contributed by atoms with Crippen molar-refractivity contribution in [3.63, 3.8) is 0 Å². The largest absolute Gasteiger partial charge is 0.436 e. The Bertz CT molecular complexity index is 560. The van der Waals surface area contributed by atoms with Crippen LogP contribution in [0, 0.1) is 5.41 Å². The Morgan fingerprint density at radius 2 is 1.90 bits per heavy atom. The van der Waals surface area contributed by atoms with Crippen LogP contribution < -0.4 is 0 Å². The van der Waals surface area contributed by atoms with Crippen LogP contribution in [0.3, 0.4) is 0 Å². The third kappa shape index (κ3) is 2.63. The minimum Gasteiger partial charge on any atom is -0.436 e. The maximum atomic E-state index is 12.7. The van der Waals surface area contributed by atoms with Crippen LogP contribution in [0.1, 0.15) is 31.1 Å². The summed E-state index contributed by atoms with van der Waals surface area (Å²) in [7, 11) is 0. The summed E-state index contributed by atoms with van der Waals surface area (Å²) in [5.41, 5.74) is 0.364. The van der Waals surface area contributed by atoms with Gasteiger partial charge in [-0.2, -0.15) is 0 Å². The quantitative estimate of drug-likeness (QED) is 0.583. The maximum Gasteiger partial charge on any atom is 0.357 e. The molecule has 1 atom stereocenters. The van der Waals surface area contributed by atoms with Gasteiger partial charge in [0.15, 0.2) is 6.23 Å². The Balaban J connectivity index is 2.44. The lowest BCUT2D eigenvalue weighted by molar-refractivity contribution is -0.145. The number of hydrogen-bond donors (Lipinski definition) is 0. The molecule has 0 aromatic heterocycles. The molecule has 106 valence electrons. The van der Waals surface area contributed by atoms with Crippen LogP contribution in [0.4, 0.5) is 0 Å². The molecule has 0 radical (unpaired) electrons. The molecule has 4 nitrogen and oxygen atoms in total. The fourth-order valence-electron chi connectivity index (χ4n) is 2.04. The Hall–Kier alpha value is -1.62. The topological polar surface area (TPSA) is 46.6 Å². The molecule has 0 bridgehead atoms. The highest BCUT2D eigenvalue weighted by molar-refractivity contribution is 9.11. The number of amides is 1. The molecule has 1 unspecified atom stereocenters. The summed E-state index contributed by atoms with van der Waals surface area (Å²) in [6, 6.07) is 8.85. The highest BCUT2D eigenvalue weighted by atomic mass is 79.9. The van der Waals surface area contributed by atoms with Gasteiger partial charge in [0.25, 0.3) is 5.91 Å². The van der Waals surface area contributed by atoms with Crippen molar-refractivity contribution in [2.45, 2.75) is 27.0 Å². The average Bonchev–Trinajstić information content (AvgIpc) is 2.75. The van der Waals surface area contributed by atoms with Crippen molar-refractivity contribution in [1.29, 1.82) is 0 Å². The minimum absolute atomic E-state index is 0.221. The minimum atomic E-state index is -0.619. The third-order valence-corrected chi connectivity index (χ3v) is 3.44. The van der Waals surface area contributed by atoms with E-state index < -0.39 is 12.2 Å². The van der Waals surface area contributed by atoms with E-state index in [2.05, 4.69) is 15.9 Å². The van der Waals surface area contributed by atoms with Gasteiger partial charge in [0.05, 0.1) is 0 Å². The fourth-order valence-corrected chi connectivity index (χ4v) is 2.44. The third-order valence-electron chi connectivity index (χ3n) is 3.01. The zero-order valence-electron chi connectivity index (χ0n) is 11.6. The summed E-state index contributed by atoms with van der Waals surface area (Å²) in [5, 5.41) is 0. The smallest absolute Gasteiger partial charge is 0.357 e. The fraction of sp³-hybridized carbons (Fsp3) is 0.333. The highest BCUT2D eigenvalue weighted by Crippen LogP contribution is 2.35. The first kappa shape index (κ1) is 14.8.